The molecule has 0 heterocycles. The van der Waals surface area contributed by atoms with Crippen LogP contribution in [0.1, 0.15) is 73.1 Å². The van der Waals surface area contributed by atoms with Gasteiger partial charge in [0.2, 0.25) is 0 Å². The Morgan fingerprint density at radius 3 is 2.29 bits per heavy atom. The SMILES string of the molecule is CC=C(CC)C1(C)CC=CCC(C)(CC)CC1. The molecular formula is C17H30. The fraction of sp³-hybridized carbons (Fsp3) is 0.765. The van der Waals surface area contributed by atoms with Gasteiger partial charge in [-0.25, -0.2) is 0 Å². The molecule has 0 aromatic carbocycles. The molecule has 0 fully saturated rings. The van der Waals surface area contributed by atoms with E-state index in [0.717, 1.165) is 0 Å². The smallest absolute Gasteiger partial charge is 0.00819 e. The van der Waals surface area contributed by atoms with Crippen molar-refractivity contribution in [2.75, 3.05) is 0 Å². The Balaban J connectivity index is 2.90. The zero-order chi connectivity index (χ0) is 12.9. The lowest BCUT2D eigenvalue weighted by Gasteiger charge is -2.38. The third-order valence-corrected chi connectivity index (χ3v) is 4.98. The Labute approximate surface area is 108 Å². The molecule has 0 saturated heterocycles. The summed E-state index contributed by atoms with van der Waals surface area (Å²) in [6.07, 6.45) is 14.9. The molecule has 0 aromatic rings. The zero-order valence-corrected chi connectivity index (χ0v) is 12.5. The second-order valence-corrected chi connectivity index (χ2v) is 6.27. The van der Waals surface area contributed by atoms with Crippen molar-refractivity contribution in [3.05, 3.63) is 23.8 Å². The van der Waals surface area contributed by atoms with Crippen LogP contribution >= 0.6 is 0 Å². The van der Waals surface area contributed by atoms with Crippen molar-refractivity contribution in [2.24, 2.45) is 10.8 Å². The first kappa shape index (κ1) is 14.5. The van der Waals surface area contributed by atoms with Crippen LogP contribution in [0.5, 0.6) is 0 Å². The van der Waals surface area contributed by atoms with Crippen LogP contribution in [-0.2, 0) is 0 Å². The van der Waals surface area contributed by atoms with E-state index < -0.39 is 0 Å². The van der Waals surface area contributed by atoms with Gasteiger partial charge in [0.15, 0.2) is 0 Å². The van der Waals surface area contributed by atoms with Crippen LogP contribution in [0.15, 0.2) is 23.8 Å². The topological polar surface area (TPSA) is 0 Å². The van der Waals surface area contributed by atoms with Gasteiger partial charge in [0.25, 0.3) is 0 Å². The molecule has 0 heteroatoms. The van der Waals surface area contributed by atoms with E-state index in [1.165, 1.54) is 38.5 Å². The van der Waals surface area contributed by atoms with Crippen LogP contribution in [0.25, 0.3) is 0 Å². The first-order valence-electron chi connectivity index (χ1n) is 7.30. The van der Waals surface area contributed by atoms with Crippen molar-refractivity contribution < 1.29 is 0 Å². The Kier molecular flexibility index (Phi) is 5.04. The van der Waals surface area contributed by atoms with E-state index in [9.17, 15) is 0 Å². The summed E-state index contributed by atoms with van der Waals surface area (Å²) >= 11 is 0. The lowest BCUT2D eigenvalue weighted by Crippen LogP contribution is -2.25. The van der Waals surface area contributed by atoms with Crippen LogP contribution in [0.3, 0.4) is 0 Å². The maximum Gasteiger partial charge on any atom is -0.00819 e. The summed E-state index contributed by atoms with van der Waals surface area (Å²) in [5, 5.41) is 0. The molecule has 98 valence electrons. The lowest BCUT2D eigenvalue weighted by molar-refractivity contribution is 0.218. The molecule has 1 aliphatic carbocycles. The Morgan fingerprint density at radius 2 is 1.76 bits per heavy atom. The van der Waals surface area contributed by atoms with E-state index in [1.807, 2.05) is 0 Å². The minimum atomic E-state index is 0.400. The molecule has 2 unspecified atom stereocenters. The van der Waals surface area contributed by atoms with Crippen LogP contribution in [0.4, 0.5) is 0 Å². The largest absolute Gasteiger partial charge is 0.0880 e. The van der Waals surface area contributed by atoms with Crippen molar-refractivity contribution >= 4 is 0 Å². The number of hydrogen-bond acceptors (Lipinski definition) is 0. The molecule has 0 aliphatic heterocycles. The molecule has 17 heavy (non-hydrogen) atoms. The van der Waals surface area contributed by atoms with E-state index in [4.69, 9.17) is 0 Å². The maximum atomic E-state index is 2.46. The van der Waals surface area contributed by atoms with Gasteiger partial charge in [-0.2, -0.15) is 0 Å². The number of hydrogen-bond donors (Lipinski definition) is 0. The van der Waals surface area contributed by atoms with Crippen LogP contribution in [-0.4, -0.2) is 0 Å². The van der Waals surface area contributed by atoms with Gasteiger partial charge in [-0.3, -0.25) is 0 Å². The summed E-state index contributed by atoms with van der Waals surface area (Å²) in [6.45, 7) is 11.7. The quantitative estimate of drug-likeness (QED) is 0.534. The average molecular weight is 234 g/mol. The molecule has 0 aromatic heterocycles. The number of rotatable bonds is 3. The Bertz CT molecular complexity index is 297. The molecular weight excluding hydrogens is 204 g/mol. The summed E-state index contributed by atoms with van der Waals surface area (Å²) in [5.74, 6) is 0. The first-order valence-corrected chi connectivity index (χ1v) is 7.30. The molecule has 0 bridgehead atoms. The number of allylic oxidation sites excluding steroid dienone is 4. The Hall–Kier alpha value is -0.520. The summed E-state index contributed by atoms with van der Waals surface area (Å²) in [5.41, 5.74) is 2.56. The van der Waals surface area contributed by atoms with Crippen LogP contribution in [0.2, 0.25) is 0 Å². The van der Waals surface area contributed by atoms with Gasteiger partial charge in [0.05, 0.1) is 0 Å². The third kappa shape index (κ3) is 3.47. The summed E-state index contributed by atoms with van der Waals surface area (Å²) in [4.78, 5) is 0. The van der Waals surface area contributed by atoms with Gasteiger partial charge in [-0.1, -0.05) is 57.9 Å². The molecule has 0 amide bonds. The molecule has 0 nitrogen and oxygen atoms in total. The molecule has 1 aliphatic rings. The predicted octanol–water partition coefficient (Wildman–Crippen LogP) is 5.90. The summed E-state index contributed by atoms with van der Waals surface area (Å²) in [7, 11) is 0. The molecule has 0 radical (unpaired) electrons. The molecule has 0 N–H and O–H groups in total. The second-order valence-electron chi connectivity index (χ2n) is 6.27. The maximum absolute atomic E-state index is 2.46. The highest BCUT2D eigenvalue weighted by atomic mass is 14.4. The fourth-order valence-electron chi connectivity index (χ4n) is 3.09. The van der Waals surface area contributed by atoms with Gasteiger partial charge in [-0.05, 0) is 49.9 Å². The van der Waals surface area contributed by atoms with Crippen molar-refractivity contribution in [1.82, 2.24) is 0 Å². The zero-order valence-electron chi connectivity index (χ0n) is 12.5. The minimum absolute atomic E-state index is 0.400. The highest BCUT2D eigenvalue weighted by Crippen LogP contribution is 2.44. The van der Waals surface area contributed by atoms with Gasteiger partial charge in [0.1, 0.15) is 0 Å². The van der Waals surface area contributed by atoms with E-state index in [1.54, 1.807) is 5.57 Å². The molecule has 1 rings (SSSR count). The van der Waals surface area contributed by atoms with E-state index in [0.29, 0.717) is 10.8 Å². The Morgan fingerprint density at radius 1 is 1.12 bits per heavy atom. The highest BCUT2D eigenvalue weighted by Gasteiger charge is 2.31. The van der Waals surface area contributed by atoms with E-state index in [2.05, 4.69) is 52.8 Å². The molecule has 0 saturated carbocycles. The third-order valence-electron chi connectivity index (χ3n) is 4.98. The van der Waals surface area contributed by atoms with Gasteiger partial charge >= 0.3 is 0 Å². The van der Waals surface area contributed by atoms with Crippen molar-refractivity contribution in [3.8, 4) is 0 Å². The standard InChI is InChI=1S/C17H30/c1-6-15(7-2)17(5)12-10-9-11-16(4,8-3)13-14-17/h6,9-10H,7-8,11-14H2,1-5H3. The van der Waals surface area contributed by atoms with Crippen LogP contribution in [0, 0.1) is 10.8 Å². The summed E-state index contributed by atoms with van der Waals surface area (Å²) < 4.78 is 0. The van der Waals surface area contributed by atoms with Gasteiger partial charge in [-0.15, -0.1) is 0 Å². The van der Waals surface area contributed by atoms with Crippen LogP contribution < -0.4 is 0 Å². The van der Waals surface area contributed by atoms with Crippen molar-refractivity contribution in [2.45, 2.75) is 73.1 Å². The predicted molar refractivity (Wildman–Crippen MR) is 78.2 cm³/mol. The van der Waals surface area contributed by atoms with Crippen molar-refractivity contribution in [1.29, 1.82) is 0 Å². The van der Waals surface area contributed by atoms with E-state index in [-0.39, 0.29) is 0 Å². The van der Waals surface area contributed by atoms with Gasteiger partial charge in [0, 0.05) is 0 Å². The molecule has 0 spiro atoms. The monoisotopic (exact) mass is 234 g/mol. The summed E-state index contributed by atoms with van der Waals surface area (Å²) in [6, 6.07) is 0. The molecule has 2 atom stereocenters. The fourth-order valence-corrected chi connectivity index (χ4v) is 3.09. The lowest BCUT2D eigenvalue weighted by atomic mass is 9.67. The van der Waals surface area contributed by atoms with Gasteiger partial charge < -0.3 is 0 Å². The van der Waals surface area contributed by atoms with E-state index >= 15 is 0 Å². The highest BCUT2D eigenvalue weighted by molar-refractivity contribution is 5.15. The van der Waals surface area contributed by atoms with Crippen molar-refractivity contribution in [3.63, 3.8) is 0 Å². The minimum Gasteiger partial charge on any atom is -0.0880 e. The average Bonchev–Trinajstić information content (AvgIpc) is 2.32. The first-order chi connectivity index (χ1) is 7.99. The second kappa shape index (κ2) is 5.89. The normalized spacial score (nSPS) is 35.5.